The number of phenols is 1. The molecule has 0 amide bonds. The van der Waals surface area contributed by atoms with Crippen molar-refractivity contribution in [2.45, 2.75) is 25.7 Å². The molecule has 6 nitrogen and oxygen atoms in total. The molecular formula is C19H24N2O4S. The molecule has 0 saturated heterocycles. The molecule has 140 valence electrons. The highest BCUT2D eigenvalue weighted by atomic mass is 32.2. The fraction of sp³-hybridized carbons (Fsp3) is 0.316. The van der Waals surface area contributed by atoms with E-state index in [9.17, 15) is 13.5 Å². The molecule has 7 heteroatoms. The molecule has 0 aliphatic rings. The molecule has 0 radical (unpaired) electrons. The minimum absolute atomic E-state index is 0.0686. The fourth-order valence-corrected chi connectivity index (χ4v) is 3.98. The van der Waals surface area contributed by atoms with E-state index >= 15 is 0 Å². The van der Waals surface area contributed by atoms with Crippen LogP contribution in [-0.2, 0) is 10.0 Å². The lowest BCUT2D eigenvalue weighted by Crippen LogP contribution is -2.30. The maximum absolute atomic E-state index is 12.7. The maximum Gasteiger partial charge on any atom is 0.243 e. The van der Waals surface area contributed by atoms with Gasteiger partial charge in [0.2, 0.25) is 10.0 Å². The number of hydrogen-bond acceptors (Lipinski definition) is 5. The van der Waals surface area contributed by atoms with E-state index in [1.54, 1.807) is 51.3 Å². The van der Waals surface area contributed by atoms with Crippen molar-refractivity contribution in [3.8, 4) is 11.5 Å². The van der Waals surface area contributed by atoms with Crippen LogP contribution in [0.1, 0.15) is 25.0 Å². The van der Waals surface area contributed by atoms with E-state index in [0.29, 0.717) is 30.1 Å². The number of aromatic hydroxyl groups is 1. The molecule has 0 unspecified atom stereocenters. The number of nitrogens with zero attached hydrogens (tertiary/aromatic N) is 2. The quantitative estimate of drug-likeness (QED) is 0.750. The second kappa shape index (κ2) is 8.33. The van der Waals surface area contributed by atoms with Gasteiger partial charge in [-0.1, -0.05) is 19.9 Å². The first-order valence-corrected chi connectivity index (χ1v) is 9.79. The van der Waals surface area contributed by atoms with E-state index in [0.717, 1.165) is 5.56 Å². The normalized spacial score (nSPS) is 12.0. The number of phenolic OH excluding ortho intramolecular Hbond substituents is 1. The summed E-state index contributed by atoms with van der Waals surface area (Å²) in [7, 11) is -2.01. The predicted molar refractivity (Wildman–Crippen MR) is 103 cm³/mol. The third-order valence-electron chi connectivity index (χ3n) is 4.10. The number of hydrogen-bond donors (Lipinski definition) is 1. The fourth-order valence-electron chi connectivity index (χ4n) is 2.50. The van der Waals surface area contributed by atoms with Crippen LogP contribution < -0.4 is 4.74 Å². The first kappa shape index (κ1) is 19.9. The smallest absolute Gasteiger partial charge is 0.243 e. The zero-order valence-electron chi connectivity index (χ0n) is 15.4. The van der Waals surface area contributed by atoms with Crippen molar-refractivity contribution in [3.05, 3.63) is 47.5 Å². The molecule has 0 heterocycles. The molecule has 0 saturated carbocycles. The number of methoxy groups -OCH3 is 1. The van der Waals surface area contributed by atoms with Gasteiger partial charge >= 0.3 is 0 Å². The van der Waals surface area contributed by atoms with Gasteiger partial charge in [0.25, 0.3) is 0 Å². The molecule has 0 atom stereocenters. The van der Waals surface area contributed by atoms with Crippen molar-refractivity contribution in [2.75, 3.05) is 20.2 Å². The van der Waals surface area contributed by atoms with Crippen molar-refractivity contribution in [2.24, 2.45) is 4.99 Å². The van der Waals surface area contributed by atoms with Crippen LogP contribution in [0.25, 0.3) is 0 Å². The Morgan fingerprint density at radius 1 is 1.15 bits per heavy atom. The molecule has 0 aliphatic carbocycles. The van der Waals surface area contributed by atoms with Crippen LogP contribution in [0.5, 0.6) is 11.5 Å². The number of rotatable bonds is 7. The van der Waals surface area contributed by atoms with E-state index in [1.165, 1.54) is 16.6 Å². The Hall–Kier alpha value is -2.38. The summed E-state index contributed by atoms with van der Waals surface area (Å²) in [6, 6.07) is 9.70. The molecule has 0 bridgehead atoms. The summed E-state index contributed by atoms with van der Waals surface area (Å²) in [5.41, 5.74) is 1.85. The Bertz CT molecular complexity index is 904. The number of ether oxygens (including phenoxy) is 1. The highest BCUT2D eigenvalue weighted by molar-refractivity contribution is 7.89. The van der Waals surface area contributed by atoms with Crippen LogP contribution in [0.2, 0.25) is 0 Å². The number of aliphatic imine (C=N–C) groups is 1. The van der Waals surface area contributed by atoms with Crippen LogP contribution in [0.15, 0.2) is 46.3 Å². The Balaban J connectivity index is 2.42. The van der Waals surface area contributed by atoms with Gasteiger partial charge in [-0.15, -0.1) is 0 Å². The molecule has 2 aromatic carbocycles. The molecule has 2 aromatic rings. The van der Waals surface area contributed by atoms with E-state index < -0.39 is 10.0 Å². The van der Waals surface area contributed by atoms with Gasteiger partial charge in [0, 0.05) is 24.9 Å². The summed E-state index contributed by atoms with van der Waals surface area (Å²) in [4.78, 5) is 4.58. The van der Waals surface area contributed by atoms with Crippen molar-refractivity contribution in [1.29, 1.82) is 0 Å². The van der Waals surface area contributed by atoms with E-state index in [4.69, 9.17) is 4.74 Å². The molecular weight excluding hydrogens is 352 g/mol. The number of sulfonamides is 1. The van der Waals surface area contributed by atoms with E-state index in [-0.39, 0.29) is 10.6 Å². The van der Waals surface area contributed by atoms with Crippen molar-refractivity contribution in [1.82, 2.24) is 4.31 Å². The maximum atomic E-state index is 12.7. The summed E-state index contributed by atoms with van der Waals surface area (Å²) < 4.78 is 31.9. The molecule has 0 fully saturated rings. The average molecular weight is 376 g/mol. The Morgan fingerprint density at radius 3 is 2.46 bits per heavy atom. The standard InChI is InChI=1S/C19H24N2O4S/c1-5-21(6-2)26(23,24)17-9-7-14(3)18(12-17)20-13-15-11-16(25-4)8-10-19(15)22/h7-13,22H,5-6H2,1-4H3. The predicted octanol–water partition coefficient (Wildman–Crippen LogP) is 3.49. The lowest BCUT2D eigenvalue weighted by molar-refractivity contribution is 0.412. The zero-order valence-corrected chi connectivity index (χ0v) is 16.2. The van der Waals surface area contributed by atoms with Crippen LogP contribution in [0.4, 0.5) is 5.69 Å². The third kappa shape index (κ3) is 4.23. The molecule has 2 rings (SSSR count). The average Bonchev–Trinajstić information content (AvgIpc) is 2.62. The first-order valence-electron chi connectivity index (χ1n) is 8.35. The summed E-state index contributed by atoms with van der Waals surface area (Å²) in [6.07, 6.45) is 1.49. The number of benzene rings is 2. The SMILES string of the molecule is CCN(CC)S(=O)(=O)c1ccc(C)c(N=Cc2cc(OC)ccc2O)c1. The van der Waals surface area contributed by atoms with Crippen LogP contribution in [-0.4, -0.2) is 44.2 Å². The van der Waals surface area contributed by atoms with Crippen LogP contribution in [0, 0.1) is 6.92 Å². The minimum atomic E-state index is -3.55. The van der Waals surface area contributed by atoms with Crippen molar-refractivity contribution >= 4 is 21.9 Å². The van der Waals surface area contributed by atoms with Crippen LogP contribution >= 0.6 is 0 Å². The van der Waals surface area contributed by atoms with E-state index in [2.05, 4.69) is 4.99 Å². The van der Waals surface area contributed by atoms with Gasteiger partial charge in [-0.3, -0.25) is 4.99 Å². The van der Waals surface area contributed by atoms with Gasteiger partial charge in [0.05, 0.1) is 17.7 Å². The number of aryl methyl sites for hydroxylation is 1. The second-order valence-electron chi connectivity index (χ2n) is 5.72. The van der Waals surface area contributed by atoms with Crippen molar-refractivity contribution in [3.63, 3.8) is 0 Å². The molecule has 26 heavy (non-hydrogen) atoms. The van der Waals surface area contributed by atoms with Gasteiger partial charge in [0.1, 0.15) is 11.5 Å². The highest BCUT2D eigenvalue weighted by Crippen LogP contribution is 2.26. The zero-order chi connectivity index (χ0) is 19.3. The van der Waals surface area contributed by atoms with Gasteiger partial charge in [0.15, 0.2) is 0 Å². The monoisotopic (exact) mass is 376 g/mol. The largest absolute Gasteiger partial charge is 0.507 e. The van der Waals surface area contributed by atoms with Gasteiger partial charge in [-0.25, -0.2) is 8.42 Å². The Kier molecular flexibility index (Phi) is 6.39. The molecule has 0 spiro atoms. The van der Waals surface area contributed by atoms with Gasteiger partial charge < -0.3 is 9.84 Å². The first-order chi connectivity index (χ1) is 12.3. The Morgan fingerprint density at radius 2 is 1.85 bits per heavy atom. The van der Waals surface area contributed by atoms with E-state index in [1.807, 2.05) is 6.92 Å². The molecule has 1 N–H and O–H groups in total. The van der Waals surface area contributed by atoms with Gasteiger partial charge in [-0.2, -0.15) is 4.31 Å². The van der Waals surface area contributed by atoms with Crippen molar-refractivity contribution < 1.29 is 18.3 Å². The summed E-state index contributed by atoms with van der Waals surface area (Å²) in [5.74, 6) is 0.665. The lowest BCUT2D eigenvalue weighted by atomic mass is 10.2. The Labute approximate surface area is 154 Å². The lowest BCUT2D eigenvalue weighted by Gasteiger charge is -2.18. The molecule has 0 aromatic heterocycles. The third-order valence-corrected chi connectivity index (χ3v) is 6.15. The second-order valence-corrected chi connectivity index (χ2v) is 7.66. The summed E-state index contributed by atoms with van der Waals surface area (Å²) in [5, 5.41) is 9.95. The van der Waals surface area contributed by atoms with Crippen LogP contribution in [0.3, 0.4) is 0 Å². The molecule has 0 aliphatic heterocycles. The summed E-state index contributed by atoms with van der Waals surface area (Å²) >= 11 is 0. The topological polar surface area (TPSA) is 79.2 Å². The summed E-state index contributed by atoms with van der Waals surface area (Å²) in [6.45, 7) is 6.28. The highest BCUT2D eigenvalue weighted by Gasteiger charge is 2.22. The minimum Gasteiger partial charge on any atom is -0.507 e. The van der Waals surface area contributed by atoms with Gasteiger partial charge in [-0.05, 0) is 42.8 Å².